The second kappa shape index (κ2) is 4.37. The third-order valence-electron chi connectivity index (χ3n) is 2.37. The first-order chi connectivity index (χ1) is 6.54. The SMILES string of the molecule is CNC(C)C(=O)Cc1cc(C)nn1C. The maximum absolute atomic E-state index is 11.6. The lowest BCUT2D eigenvalue weighted by atomic mass is 10.1. The average molecular weight is 195 g/mol. The molecular weight excluding hydrogens is 178 g/mol. The van der Waals surface area contributed by atoms with Crippen LogP contribution in [0.25, 0.3) is 0 Å². The normalized spacial score (nSPS) is 12.9. The van der Waals surface area contributed by atoms with Gasteiger partial charge >= 0.3 is 0 Å². The maximum Gasteiger partial charge on any atom is 0.155 e. The van der Waals surface area contributed by atoms with E-state index in [9.17, 15) is 4.79 Å². The number of carbonyl (C=O) groups excluding carboxylic acids is 1. The van der Waals surface area contributed by atoms with E-state index >= 15 is 0 Å². The fourth-order valence-corrected chi connectivity index (χ4v) is 1.32. The Morgan fingerprint density at radius 1 is 1.71 bits per heavy atom. The van der Waals surface area contributed by atoms with Crippen LogP contribution in [0.5, 0.6) is 0 Å². The first kappa shape index (κ1) is 10.9. The van der Waals surface area contributed by atoms with E-state index in [0.717, 1.165) is 11.4 Å². The van der Waals surface area contributed by atoms with Crippen molar-refractivity contribution >= 4 is 5.78 Å². The third-order valence-corrected chi connectivity index (χ3v) is 2.37. The Morgan fingerprint density at radius 2 is 2.36 bits per heavy atom. The lowest BCUT2D eigenvalue weighted by molar-refractivity contribution is -0.120. The van der Waals surface area contributed by atoms with Crippen molar-refractivity contribution in [1.82, 2.24) is 15.1 Å². The van der Waals surface area contributed by atoms with Crippen molar-refractivity contribution in [1.29, 1.82) is 0 Å². The molecule has 1 atom stereocenters. The summed E-state index contributed by atoms with van der Waals surface area (Å²) < 4.78 is 1.76. The molecule has 0 saturated heterocycles. The lowest BCUT2D eigenvalue weighted by Crippen LogP contribution is -2.32. The van der Waals surface area contributed by atoms with Crippen LogP contribution in [0.15, 0.2) is 6.07 Å². The molecule has 1 N–H and O–H groups in total. The van der Waals surface area contributed by atoms with Gasteiger partial charge in [-0.2, -0.15) is 5.10 Å². The fourth-order valence-electron chi connectivity index (χ4n) is 1.32. The van der Waals surface area contributed by atoms with Crippen molar-refractivity contribution in [3.63, 3.8) is 0 Å². The van der Waals surface area contributed by atoms with Gasteiger partial charge in [0.1, 0.15) is 0 Å². The summed E-state index contributed by atoms with van der Waals surface area (Å²) in [6.45, 7) is 3.79. The van der Waals surface area contributed by atoms with Crippen LogP contribution in [0, 0.1) is 6.92 Å². The second-order valence-electron chi connectivity index (χ2n) is 3.55. The molecule has 4 nitrogen and oxygen atoms in total. The number of nitrogens with zero attached hydrogens (tertiary/aromatic N) is 2. The molecule has 14 heavy (non-hydrogen) atoms. The minimum absolute atomic E-state index is 0.0924. The first-order valence-electron chi connectivity index (χ1n) is 4.74. The Kier molecular flexibility index (Phi) is 3.41. The number of rotatable bonds is 4. The van der Waals surface area contributed by atoms with E-state index in [1.165, 1.54) is 0 Å². The van der Waals surface area contributed by atoms with Crippen molar-refractivity contribution in [2.24, 2.45) is 7.05 Å². The lowest BCUT2D eigenvalue weighted by Gasteiger charge is -2.08. The molecule has 0 spiro atoms. The number of hydrogen-bond acceptors (Lipinski definition) is 3. The molecular formula is C10H17N3O. The molecule has 1 aromatic rings. The number of nitrogens with one attached hydrogen (secondary N) is 1. The van der Waals surface area contributed by atoms with Gasteiger partial charge in [0, 0.05) is 19.2 Å². The molecule has 0 amide bonds. The quantitative estimate of drug-likeness (QED) is 0.758. The standard InChI is InChI=1S/C10H17N3O/c1-7-5-9(13(4)12-7)6-10(14)8(2)11-3/h5,8,11H,6H2,1-4H3. The predicted molar refractivity (Wildman–Crippen MR) is 55.2 cm³/mol. The van der Waals surface area contributed by atoms with Gasteiger partial charge in [-0.3, -0.25) is 9.48 Å². The number of carbonyl (C=O) groups is 1. The molecule has 0 fully saturated rings. The minimum Gasteiger partial charge on any atom is -0.311 e. The number of Topliss-reactive ketones (excluding diaryl/α,β-unsaturated/α-hetero) is 1. The topological polar surface area (TPSA) is 46.9 Å². The summed E-state index contributed by atoms with van der Waals surface area (Å²) in [5.41, 5.74) is 1.92. The molecule has 1 heterocycles. The van der Waals surface area contributed by atoms with Gasteiger partial charge < -0.3 is 5.32 Å². The van der Waals surface area contributed by atoms with Gasteiger partial charge in [-0.15, -0.1) is 0 Å². The fraction of sp³-hybridized carbons (Fsp3) is 0.600. The van der Waals surface area contributed by atoms with Crippen LogP contribution in [-0.4, -0.2) is 28.7 Å². The van der Waals surface area contributed by atoms with E-state index in [2.05, 4.69) is 10.4 Å². The van der Waals surface area contributed by atoms with E-state index in [1.807, 2.05) is 27.0 Å². The van der Waals surface area contributed by atoms with Crippen molar-refractivity contribution in [2.75, 3.05) is 7.05 Å². The zero-order valence-corrected chi connectivity index (χ0v) is 9.16. The van der Waals surface area contributed by atoms with E-state index < -0.39 is 0 Å². The monoisotopic (exact) mass is 195 g/mol. The maximum atomic E-state index is 11.6. The largest absolute Gasteiger partial charge is 0.311 e. The van der Waals surface area contributed by atoms with Gasteiger partial charge in [-0.05, 0) is 27.0 Å². The Morgan fingerprint density at radius 3 is 2.79 bits per heavy atom. The van der Waals surface area contributed by atoms with Crippen LogP contribution in [0.3, 0.4) is 0 Å². The van der Waals surface area contributed by atoms with Crippen molar-refractivity contribution < 1.29 is 4.79 Å². The summed E-state index contributed by atoms with van der Waals surface area (Å²) in [5, 5.41) is 7.13. The zero-order valence-electron chi connectivity index (χ0n) is 9.16. The summed E-state index contributed by atoms with van der Waals surface area (Å²) in [6, 6.07) is 1.85. The summed E-state index contributed by atoms with van der Waals surface area (Å²) in [6.07, 6.45) is 0.444. The van der Waals surface area contributed by atoms with Gasteiger partial charge in [0.25, 0.3) is 0 Å². The molecule has 0 radical (unpaired) electrons. The minimum atomic E-state index is -0.0924. The third kappa shape index (κ3) is 2.42. The highest BCUT2D eigenvalue weighted by atomic mass is 16.1. The van der Waals surface area contributed by atoms with Crippen LogP contribution in [-0.2, 0) is 18.3 Å². The Balaban J connectivity index is 2.69. The molecule has 0 aliphatic rings. The number of aryl methyl sites for hydroxylation is 2. The molecule has 1 rings (SSSR count). The molecule has 0 aromatic carbocycles. The average Bonchev–Trinajstić information content (AvgIpc) is 2.44. The van der Waals surface area contributed by atoms with Gasteiger partial charge in [-0.25, -0.2) is 0 Å². The van der Waals surface area contributed by atoms with Crippen molar-refractivity contribution in [3.05, 3.63) is 17.5 Å². The van der Waals surface area contributed by atoms with Crippen LogP contribution in [0.4, 0.5) is 0 Å². The van der Waals surface area contributed by atoms with E-state index in [4.69, 9.17) is 0 Å². The Bertz CT molecular complexity index is 330. The Labute approximate surface area is 84.3 Å². The predicted octanol–water partition coefficient (Wildman–Crippen LogP) is 0.448. The van der Waals surface area contributed by atoms with E-state index in [1.54, 1.807) is 11.7 Å². The second-order valence-corrected chi connectivity index (χ2v) is 3.55. The molecule has 78 valence electrons. The van der Waals surface area contributed by atoms with Gasteiger partial charge in [0.05, 0.1) is 11.7 Å². The van der Waals surface area contributed by atoms with Crippen molar-refractivity contribution in [3.8, 4) is 0 Å². The highest BCUT2D eigenvalue weighted by Crippen LogP contribution is 2.04. The van der Waals surface area contributed by atoms with Gasteiger partial charge in [0.2, 0.25) is 0 Å². The van der Waals surface area contributed by atoms with Crippen LogP contribution in [0.1, 0.15) is 18.3 Å². The molecule has 0 bridgehead atoms. The number of ketones is 1. The summed E-state index contributed by atoms with van der Waals surface area (Å²) in [7, 11) is 3.65. The smallest absolute Gasteiger partial charge is 0.155 e. The molecule has 1 unspecified atom stereocenters. The summed E-state index contributed by atoms with van der Waals surface area (Å²) in [5.74, 6) is 0.190. The van der Waals surface area contributed by atoms with Crippen LogP contribution >= 0.6 is 0 Å². The molecule has 0 aliphatic heterocycles. The Hall–Kier alpha value is -1.16. The number of hydrogen-bond donors (Lipinski definition) is 1. The van der Waals surface area contributed by atoms with Gasteiger partial charge in [0.15, 0.2) is 5.78 Å². The number of likely N-dealkylation sites (N-methyl/N-ethyl adjacent to an activating group) is 1. The van der Waals surface area contributed by atoms with E-state index in [0.29, 0.717) is 6.42 Å². The highest BCUT2D eigenvalue weighted by molar-refractivity contribution is 5.85. The summed E-state index contributed by atoms with van der Waals surface area (Å²) >= 11 is 0. The molecule has 0 saturated carbocycles. The number of aromatic nitrogens is 2. The molecule has 4 heteroatoms. The molecule has 1 aromatic heterocycles. The van der Waals surface area contributed by atoms with Crippen molar-refractivity contribution in [2.45, 2.75) is 26.3 Å². The summed E-state index contributed by atoms with van der Waals surface area (Å²) in [4.78, 5) is 11.6. The first-order valence-corrected chi connectivity index (χ1v) is 4.74. The molecule has 0 aliphatic carbocycles. The zero-order chi connectivity index (χ0) is 10.7. The van der Waals surface area contributed by atoms with E-state index in [-0.39, 0.29) is 11.8 Å². The highest BCUT2D eigenvalue weighted by Gasteiger charge is 2.13. The van der Waals surface area contributed by atoms with Gasteiger partial charge in [-0.1, -0.05) is 0 Å². The van der Waals surface area contributed by atoms with Crippen LogP contribution in [0.2, 0.25) is 0 Å². The van der Waals surface area contributed by atoms with Crippen LogP contribution < -0.4 is 5.32 Å².